The van der Waals surface area contributed by atoms with Crippen molar-refractivity contribution in [3.63, 3.8) is 0 Å². The van der Waals surface area contributed by atoms with Gasteiger partial charge in [-0.25, -0.2) is 0 Å². The highest BCUT2D eigenvalue weighted by atomic mass is 32.2. The van der Waals surface area contributed by atoms with E-state index in [0.717, 1.165) is 57.8 Å². The van der Waals surface area contributed by atoms with Crippen LogP contribution in [-0.4, -0.2) is 47.2 Å². The number of esters is 1. The molecule has 0 aromatic carbocycles. The van der Waals surface area contributed by atoms with Crippen molar-refractivity contribution < 1.29 is 19.1 Å². The van der Waals surface area contributed by atoms with E-state index in [0.29, 0.717) is 47.6 Å². The van der Waals surface area contributed by atoms with E-state index in [-0.39, 0.29) is 29.1 Å². The van der Waals surface area contributed by atoms with Gasteiger partial charge in [0, 0.05) is 41.7 Å². The van der Waals surface area contributed by atoms with Crippen LogP contribution < -0.4 is 5.32 Å². The summed E-state index contributed by atoms with van der Waals surface area (Å²) in [6, 6.07) is -0.461. The molecule has 4 aliphatic rings. The van der Waals surface area contributed by atoms with Crippen molar-refractivity contribution in [1.29, 1.82) is 0 Å². The number of unbranched alkanes of at least 4 members (excludes halogenated alkanes) is 2. The summed E-state index contributed by atoms with van der Waals surface area (Å²) in [6.45, 7) is 9.87. The highest BCUT2D eigenvalue weighted by Gasteiger charge is 2.47. The third kappa shape index (κ3) is 9.31. The van der Waals surface area contributed by atoms with Crippen LogP contribution in [0.1, 0.15) is 135 Å². The Hall–Kier alpha value is -1.40. The second-order valence-corrected chi connectivity index (χ2v) is 15.6. The number of rotatable bonds is 17. The zero-order valence-electron chi connectivity index (χ0n) is 27.1. The standard InChI is InChI=1S/C37H59NO4S/c1-4-7-9-15-32(39)28-25-36(19-11-12-20-36)23-17-30(28)38-31(35(41)42-6-3)27-43-34-18-24-37(21-13-14-22-37)26-29(34)33(40)16-10-8-5-2/h4-5,28-31,34,38H,1-2,6-27H2,3H3. The predicted octanol–water partition coefficient (Wildman–Crippen LogP) is 8.55. The Balaban J connectivity index is 1.45. The van der Waals surface area contributed by atoms with Gasteiger partial charge >= 0.3 is 5.97 Å². The van der Waals surface area contributed by atoms with Crippen molar-refractivity contribution in [3.8, 4) is 0 Å². The number of hydrogen-bond donors (Lipinski definition) is 1. The van der Waals surface area contributed by atoms with Gasteiger partial charge in [-0.1, -0.05) is 37.8 Å². The van der Waals surface area contributed by atoms with Gasteiger partial charge in [-0.2, -0.15) is 11.8 Å². The Morgan fingerprint density at radius 1 is 0.837 bits per heavy atom. The largest absolute Gasteiger partial charge is 0.465 e. The summed E-state index contributed by atoms with van der Waals surface area (Å²) >= 11 is 1.81. The first-order valence-corrected chi connectivity index (χ1v) is 18.7. The van der Waals surface area contributed by atoms with Gasteiger partial charge in [0.05, 0.1) is 6.61 Å². The number of carbonyl (C=O) groups is 3. The number of hydrogen-bond acceptors (Lipinski definition) is 6. The lowest BCUT2D eigenvalue weighted by Crippen LogP contribution is -2.53. The predicted molar refractivity (Wildman–Crippen MR) is 178 cm³/mol. The SMILES string of the molecule is C=CCCCC(=O)C1CC2(CCCC2)CCC1NC(CSC1CCC2(CCCC2)CC1C(=O)CCCC=C)C(=O)OCC. The van der Waals surface area contributed by atoms with Crippen molar-refractivity contribution in [2.45, 2.75) is 153 Å². The van der Waals surface area contributed by atoms with Gasteiger partial charge in [0.2, 0.25) is 0 Å². The molecule has 5 atom stereocenters. The zero-order chi connectivity index (χ0) is 30.7. The summed E-state index contributed by atoms with van der Waals surface area (Å²) in [7, 11) is 0. The normalized spacial score (nSPS) is 28.5. The van der Waals surface area contributed by atoms with E-state index >= 15 is 0 Å². The summed E-state index contributed by atoms with van der Waals surface area (Å²) in [6.07, 6.45) is 24.9. The van der Waals surface area contributed by atoms with Crippen molar-refractivity contribution in [3.05, 3.63) is 25.3 Å². The van der Waals surface area contributed by atoms with Crippen molar-refractivity contribution >= 4 is 29.3 Å². The van der Waals surface area contributed by atoms with Crippen molar-refractivity contribution in [2.24, 2.45) is 22.7 Å². The number of ketones is 2. The number of Topliss-reactive ketones (excluding diaryl/α,β-unsaturated/α-hetero) is 2. The van der Waals surface area contributed by atoms with Gasteiger partial charge in [0.15, 0.2) is 0 Å². The molecule has 4 aliphatic carbocycles. The molecule has 0 aromatic rings. The Bertz CT molecular complexity index is 950. The van der Waals surface area contributed by atoms with E-state index in [1.54, 1.807) is 0 Å². The molecule has 0 aromatic heterocycles. The van der Waals surface area contributed by atoms with Gasteiger partial charge in [0.25, 0.3) is 0 Å². The maximum absolute atomic E-state index is 13.6. The first-order valence-electron chi connectivity index (χ1n) is 17.7. The molecule has 0 aliphatic heterocycles. The van der Waals surface area contributed by atoms with Crippen LogP contribution in [0.4, 0.5) is 0 Å². The van der Waals surface area contributed by atoms with E-state index in [1.807, 2.05) is 30.8 Å². The maximum Gasteiger partial charge on any atom is 0.323 e. The Kier molecular flexibility index (Phi) is 13.5. The summed E-state index contributed by atoms with van der Waals surface area (Å²) in [5.41, 5.74) is 0.661. The quantitative estimate of drug-likeness (QED) is 0.101. The summed E-state index contributed by atoms with van der Waals surface area (Å²) in [4.78, 5) is 40.5. The highest BCUT2D eigenvalue weighted by Crippen LogP contribution is 2.54. The monoisotopic (exact) mass is 613 g/mol. The first kappa shape index (κ1) is 34.5. The number of allylic oxidation sites excluding steroid dienone is 2. The second-order valence-electron chi connectivity index (χ2n) is 14.4. The molecule has 0 heterocycles. The first-order chi connectivity index (χ1) is 20.8. The van der Waals surface area contributed by atoms with Crippen LogP contribution in [0.15, 0.2) is 25.3 Å². The molecule has 5 nitrogen and oxygen atoms in total. The molecule has 4 saturated carbocycles. The lowest BCUT2D eigenvalue weighted by atomic mass is 9.65. The molecule has 6 heteroatoms. The highest BCUT2D eigenvalue weighted by molar-refractivity contribution is 8.00. The number of nitrogens with one attached hydrogen (secondary N) is 1. The summed E-state index contributed by atoms with van der Waals surface area (Å²) < 4.78 is 5.58. The number of thioether (sulfide) groups is 1. The minimum atomic E-state index is -0.463. The van der Waals surface area contributed by atoms with Gasteiger partial charge in [-0.15, -0.1) is 13.2 Å². The third-order valence-electron chi connectivity index (χ3n) is 11.5. The van der Waals surface area contributed by atoms with Crippen LogP contribution in [0.5, 0.6) is 0 Å². The van der Waals surface area contributed by atoms with Crippen LogP contribution in [0.3, 0.4) is 0 Å². The van der Waals surface area contributed by atoms with E-state index < -0.39 is 6.04 Å². The van der Waals surface area contributed by atoms with Crippen LogP contribution in [0.2, 0.25) is 0 Å². The van der Waals surface area contributed by atoms with E-state index in [9.17, 15) is 14.4 Å². The Labute approximate surface area is 266 Å². The Morgan fingerprint density at radius 2 is 1.37 bits per heavy atom. The van der Waals surface area contributed by atoms with E-state index in [4.69, 9.17) is 4.74 Å². The molecular formula is C37H59NO4S. The molecule has 2 spiro atoms. The van der Waals surface area contributed by atoms with Gasteiger partial charge in [-0.3, -0.25) is 14.4 Å². The fourth-order valence-electron chi connectivity index (χ4n) is 9.06. The average Bonchev–Trinajstić information content (AvgIpc) is 3.66. The molecule has 242 valence electrons. The van der Waals surface area contributed by atoms with Gasteiger partial charge in [0.1, 0.15) is 17.6 Å². The smallest absolute Gasteiger partial charge is 0.323 e. The zero-order valence-corrected chi connectivity index (χ0v) is 27.9. The summed E-state index contributed by atoms with van der Waals surface area (Å²) in [5.74, 6) is 1.15. The van der Waals surface area contributed by atoms with Crippen LogP contribution >= 0.6 is 11.8 Å². The Morgan fingerprint density at radius 3 is 1.93 bits per heavy atom. The minimum absolute atomic E-state index is 0.00177. The second kappa shape index (κ2) is 16.8. The molecule has 0 bridgehead atoms. The fourth-order valence-corrected chi connectivity index (χ4v) is 10.5. The van der Waals surface area contributed by atoms with Crippen molar-refractivity contribution in [2.75, 3.05) is 12.4 Å². The fraction of sp³-hybridized carbons (Fsp3) is 0.811. The maximum atomic E-state index is 13.6. The minimum Gasteiger partial charge on any atom is -0.465 e. The van der Waals surface area contributed by atoms with Crippen LogP contribution in [0.25, 0.3) is 0 Å². The molecule has 0 saturated heterocycles. The molecule has 4 fully saturated rings. The molecule has 0 radical (unpaired) electrons. The van der Waals surface area contributed by atoms with E-state index in [1.165, 1.54) is 57.8 Å². The molecule has 0 amide bonds. The molecular weight excluding hydrogens is 554 g/mol. The van der Waals surface area contributed by atoms with Gasteiger partial charge < -0.3 is 10.1 Å². The molecule has 1 N–H and O–H groups in total. The lowest BCUT2D eigenvalue weighted by Gasteiger charge is -2.44. The van der Waals surface area contributed by atoms with Crippen LogP contribution in [-0.2, 0) is 19.1 Å². The van der Waals surface area contributed by atoms with Gasteiger partial charge in [-0.05, 0) is 108 Å². The molecule has 5 unspecified atom stereocenters. The number of carbonyl (C=O) groups excluding carboxylic acids is 3. The third-order valence-corrected chi connectivity index (χ3v) is 13.0. The lowest BCUT2D eigenvalue weighted by molar-refractivity contribution is -0.146. The van der Waals surface area contributed by atoms with Crippen molar-refractivity contribution in [1.82, 2.24) is 5.32 Å². The topological polar surface area (TPSA) is 72.5 Å². The summed E-state index contributed by atoms with van der Waals surface area (Å²) in [5, 5.41) is 3.95. The molecule has 43 heavy (non-hydrogen) atoms. The average molecular weight is 614 g/mol. The number of ether oxygens (including phenoxy) is 1. The van der Waals surface area contributed by atoms with E-state index in [2.05, 4.69) is 18.5 Å². The van der Waals surface area contributed by atoms with Crippen LogP contribution in [0, 0.1) is 22.7 Å². The molecule has 4 rings (SSSR count).